The summed E-state index contributed by atoms with van der Waals surface area (Å²) in [5.74, 6) is -0.231. The first-order chi connectivity index (χ1) is 6.25. The second kappa shape index (κ2) is 3.64. The number of ether oxygens (including phenoxy) is 1. The van der Waals surface area contributed by atoms with Crippen LogP contribution in [0.1, 0.15) is 0 Å². The van der Waals surface area contributed by atoms with Crippen molar-refractivity contribution in [1.29, 1.82) is 0 Å². The molecule has 0 atom stereocenters. The third-order valence-corrected chi connectivity index (χ3v) is 2.62. The highest BCUT2D eigenvalue weighted by atomic mass is 79.9. The zero-order valence-electron chi connectivity index (χ0n) is 6.89. The molecular formula is C9H9BrFNO. The highest BCUT2D eigenvalue weighted by Gasteiger charge is 2.18. The molecule has 4 heteroatoms. The molecule has 1 aliphatic heterocycles. The van der Waals surface area contributed by atoms with Gasteiger partial charge in [-0.3, -0.25) is 0 Å². The molecule has 0 aliphatic carbocycles. The zero-order chi connectivity index (χ0) is 9.26. The minimum Gasteiger partial charge on any atom is -0.377 e. The molecule has 1 aliphatic rings. The summed E-state index contributed by atoms with van der Waals surface area (Å²) >= 11 is 3.34. The van der Waals surface area contributed by atoms with E-state index < -0.39 is 0 Å². The smallest absolute Gasteiger partial charge is 0.125 e. The van der Waals surface area contributed by atoms with Crippen LogP contribution in [0.15, 0.2) is 22.7 Å². The van der Waals surface area contributed by atoms with Gasteiger partial charge in [0.2, 0.25) is 0 Å². The van der Waals surface area contributed by atoms with E-state index >= 15 is 0 Å². The lowest BCUT2D eigenvalue weighted by Crippen LogP contribution is -2.40. The Bertz CT molecular complexity index is 314. The summed E-state index contributed by atoms with van der Waals surface area (Å²) in [5, 5.41) is 3.18. The van der Waals surface area contributed by atoms with E-state index in [2.05, 4.69) is 21.2 Å². The van der Waals surface area contributed by atoms with Crippen molar-refractivity contribution in [3.63, 3.8) is 0 Å². The third-order valence-electron chi connectivity index (χ3n) is 1.93. The van der Waals surface area contributed by atoms with Gasteiger partial charge in [-0.1, -0.05) is 0 Å². The summed E-state index contributed by atoms with van der Waals surface area (Å²) in [6.07, 6.45) is 0. The lowest BCUT2D eigenvalue weighted by molar-refractivity contribution is 0.0211. The van der Waals surface area contributed by atoms with Crippen LogP contribution < -0.4 is 5.32 Å². The third kappa shape index (κ3) is 2.00. The van der Waals surface area contributed by atoms with E-state index in [4.69, 9.17) is 4.74 Å². The highest BCUT2D eigenvalue weighted by molar-refractivity contribution is 9.10. The maximum Gasteiger partial charge on any atom is 0.125 e. The first kappa shape index (κ1) is 8.97. The number of anilines is 1. The molecule has 0 amide bonds. The van der Waals surface area contributed by atoms with Gasteiger partial charge >= 0.3 is 0 Å². The minimum atomic E-state index is -0.231. The van der Waals surface area contributed by atoms with E-state index in [0.29, 0.717) is 19.3 Å². The Balaban J connectivity index is 2.13. The van der Waals surface area contributed by atoms with Crippen LogP contribution in [0.2, 0.25) is 0 Å². The van der Waals surface area contributed by atoms with Crippen molar-refractivity contribution in [2.24, 2.45) is 0 Å². The Morgan fingerprint density at radius 3 is 2.85 bits per heavy atom. The highest BCUT2D eigenvalue weighted by Crippen LogP contribution is 2.24. The van der Waals surface area contributed by atoms with Gasteiger partial charge in [0.15, 0.2) is 0 Å². The molecule has 0 unspecified atom stereocenters. The average molecular weight is 246 g/mol. The van der Waals surface area contributed by atoms with Crippen molar-refractivity contribution in [3.05, 3.63) is 28.5 Å². The number of hydrogen-bond donors (Lipinski definition) is 1. The lowest BCUT2D eigenvalue weighted by atomic mass is 10.2. The van der Waals surface area contributed by atoms with Crippen molar-refractivity contribution < 1.29 is 9.13 Å². The molecular weight excluding hydrogens is 237 g/mol. The SMILES string of the molecule is Fc1ccc(Br)c(NC2COC2)c1. The van der Waals surface area contributed by atoms with Crippen LogP contribution in [0, 0.1) is 5.82 Å². The second-order valence-corrected chi connectivity index (χ2v) is 3.86. The summed E-state index contributed by atoms with van der Waals surface area (Å²) in [7, 11) is 0. The number of hydrogen-bond acceptors (Lipinski definition) is 2. The maximum absolute atomic E-state index is 12.8. The summed E-state index contributed by atoms with van der Waals surface area (Å²) in [6, 6.07) is 4.91. The van der Waals surface area contributed by atoms with Gasteiger partial charge in [-0.2, -0.15) is 0 Å². The average Bonchev–Trinajstić information content (AvgIpc) is 2.03. The van der Waals surface area contributed by atoms with Gasteiger partial charge in [0.05, 0.1) is 24.9 Å². The molecule has 1 heterocycles. The molecule has 2 nitrogen and oxygen atoms in total. The van der Waals surface area contributed by atoms with Crippen LogP contribution >= 0.6 is 15.9 Å². The van der Waals surface area contributed by atoms with Gasteiger partial charge < -0.3 is 10.1 Å². The van der Waals surface area contributed by atoms with Crippen molar-refractivity contribution >= 4 is 21.6 Å². The molecule has 1 N–H and O–H groups in total. The van der Waals surface area contributed by atoms with Gasteiger partial charge in [0, 0.05) is 4.47 Å². The van der Waals surface area contributed by atoms with Gasteiger partial charge in [-0.15, -0.1) is 0 Å². The first-order valence-electron chi connectivity index (χ1n) is 4.05. The van der Waals surface area contributed by atoms with Crippen molar-refractivity contribution in [3.8, 4) is 0 Å². The fourth-order valence-corrected chi connectivity index (χ4v) is 1.51. The quantitative estimate of drug-likeness (QED) is 0.865. The molecule has 0 saturated carbocycles. The van der Waals surface area contributed by atoms with Crippen LogP contribution in [-0.2, 0) is 4.74 Å². The molecule has 70 valence electrons. The molecule has 0 aromatic heterocycles. The van der Waals surface area contributed by atoms with Crippen LogP contribution in [0.4, 0.5) is 10.1 Å². The van der Waals surface area contributed by atoms with Crippen molar-refractivity contribution in [1.82, 2.24) is 0 Å². The molecule has 1 aromatic carbocycles. The summed E-state index contributed by atoms with van der Waals surface area (Å²) in [5.41, 5.74) is 0.785. The van der Waals surface area contributed by atoms with Gasteiger partial charge in [0.25, 0.3) is 0 Å². The predicted octanol–water partition coefficient (Wildman–Crippen LogP) is 2.40. The van der Waals surface area contributed by atoms with Crippen LogP contribution in [0.5, 0.6) is 0 Å². The predicted molar refractivity (Wildman–Crippen MR) is 52.3 cm³/mol. The van der Waals surface area contributed by atoms with E-state index in [0.717, 1.165) is 10.2 Å². The maximum atomic E-state index is 12.8. The molecule has 0 radical (unpaired) electrons. The van der Waals surface area contributed by atoms with E-state index in [9.17, 15) is 4.39 Å². The van der Waals surface area contributed by atoms with E-state index in [1.54, 1.807) is 6.07 Å². The molecule has 1 fully saturated rings. The summed E-state index contributed by atoms with van der Waals surface area (Å²) in [4.78, 5) is 0. The van der Waals surface area contributed by atoms with Crippen molar-refractivity contribution in [2.45, 2.75) is 6.04 Å². The Kier molecular flexibility index (Phi) is 2.51. The number of halogens is 2. The molecule has 1 aromatic rings. The summed E-state index contributed by atoms with van der Waals surface area (Å²) < 4.78 is 18.7. The monoisotopic (exact) mass is 245 g/mol. The molecule has 0 bridgehead atoms. The Labute approximate surface area is 84.2 Å². The van der Waals surface area contributed by atoms with Gasteiger partial charge in [-0.25, -0.2) is 4.39 Å². The number of benzene rings is 1. The Morgan fingerprint density at radius 2 is 2.23 bits per heavy atom. The molecule has 2 rings (SSSR count). The van der Waals surface area contributed by atoms with Crippen molar-refractivity contribution in [2.75, 3.05) is 18.5 Å². The standard InChI is InChI=1S/C9H9BrFNO/c10-8-2-1-6(11)3-9(8)12-7-4-13-5-7/h1-3,7,12H,4-5H2. The van der Waals surface area contributed by atoms with Gasteiger partial charge in [-0.05, 0) is 34.1 Å². The van der Waals surface area contributed by atoms with E-state index in [1.807, 2.05) is 0 Å². The van der Waals surface area contributed by atoms with Crippen LogP contribution in [0.3, 0.4) is 0 Å². The number of rotatable bonds is 2. The fraction of sp³-hybridized carbons (Fsp3) is 0.333. The van der Waals surface area contributed by atoms with E-state index in [1.165, 1.54) is 12.1 Å². The molecule has 1 saturated heterocycles. The van der Waals surface area contributed by atoms with E-state index in [-0.39, 0.29) is 5.82 Å². The minimum absolute atomic E-state index is 0.231. The molecule has 0 spiro atoms. The zero-order valence-corrected chi connectivity index (χ0v) is 8.47. The Morgan fingerprint density at radius 1 is 1.46 bits per heavy atom. The summed E-state index contributed by atoms with van der Waals surface area (Å²) in [6.45, 7) is 1.39. The van der Waals surface area contributed by atoms with Crippen LogP contribution in [0.25, 0.3) is 0 Å². The molecule has 13 heavy (non-hydrogen) atoms. The Hall–Kier alpha value is -0.610. The number of nitrogens with one attached hydrogen (secondary N) is 1. The second-order valence-electron chi connectivity index (χ2n) is 3.00. The topological polar surface area (TPSA) is 21.3 Å². The normalized spacial score (nSPS) is 16.8. The lowest BCUT2D eigenvalue weighted by Gasteiger charge is -2.28. The fourth-order valence-electron chi connectivity index (χ4n) is 1.15. The van der Waals surface area contributed by atoms with Crippen LogP contribution in [-0.4, -0.2) is 19.3 Å². The largest absolute Gasteiger partial charge is 0.377 e. The first-order valence-corrected chi connectivity index (χ1v) is 4.84. The van der Waals surface area contributed by atoms with Gasteiger partial charge in [0.1, 0.15) is 5.82 Å².